The molecular weight excluding hydrogens is 540 g/mol. The molecule has 14 heteroatoms. The van der Waals surface area contributed by atoms with Crippen molar-refractivity contribution in [1.29, 1.82) is 0 Å². The summed E-state index contributed by atoms with van der Waals surface area (Å²) in [4.78, 5) is 58.4. The summed E-state index contributed by atoms with van der Waals surface area (Å²) in [7, 11) is 2.99. The standard InChI is InChI=1S/C27H32N4O10/c1-38-20-10-16-12-30(22(32)4-6-24(34)35)14-18(16)28-26(20)40-8-3-9-41-27-21(39-2)11-17-13-31(15-19(17)29-27)23(33)5-7-25(36)37/h10-11H,3-9,12-15H2,1-2H3,(H,34,35)(H,36,37). The molecule has 4 rings (SSSR count). The van der Waals surface area contributed by atoms with Gasteiger partial charge in [0.05, 0.1) is 64.8 Å². The van der Waals surface area contributed by atoms with Gasteiger partial charge in [-0.3, -0.25) is 19.2 Å². The van der Waals surface area contributed by atoms with Crippen molar-refractivity contribution < 1.29 is 48.3 Å². The number of carbonyl (C=O) groups excluding carboxylic acids is 2. The summed E-state index contributed by atoms with van der Waals surface area (Å²) in [6.07, 6.45) is -0.117. The lowest BCUT2D eigenvalue weighted by atomic mass is 10.2. The summed E-state index contributed by atoms with van der Waals surface area (Å²) >= 11 is 0. The van der Waals surface area contributed by atoms with Crippen LogP contribution in [0.4, 0.5) is 0 Å². The predicted molar refractivity (Wildman–Crippen MR) is 139 cm³/mol. The van der Waals surface area contributed by atoms with E-state index in [9.17, 15) is 19.2 Å². The van der Waals surface area contributed by atoms with E-state index < -0.39 is 11.9 Å². The summed E-state index contributed by atoms with van der Waals surface area (Å²) < 4.78 is 22.5. The highest BCUT2D eigenvalue weighted by Crippen LogP contribution is 2.34. The first-order valence-electron chi connectivity index (χ1n) is 13.1. The molecule has 2 N–H and O–H groups in total. The molecule has 0 spiro atoms. The first kappa shape index (κ1) is 29.4. The quantitative estimate of drug-likeness (QED) is 0.314. The summed E-state index contributed by atoms with van der Waals surface area (Å²) in [6.45, 7) is 1.70. The number of carboxylic acids is 2. The average molecular weight is 573 g/mol. The zero-order chi connectivity index (χ0) is 29.5. The number of carbonyl (C=O) groups is 4. The van der Waals surface area contributed by atoms with Gasteiger partial charge < -0.3 is 39.0 Å². The van der Waals surface area contributed by atoms with Gasteiger partial charge in [-0.2, -0.15) is 0 Å². The van der Waals surface area contributed by atoms with E-state index in [0.717, 1.165) is 11.1 Å². The number of hydrogen-bond acceptors (Lipinski definition) is 10. The number of hydrogen-bond donors (Lipinski definition) is 2. The molecule has 2 aromatic heterocycles. The highest BCUT2D eigenvalue weighted by Gasteiger charge is 2.28. The molecule has 0 saturated heterocycles. The molecule has 2 aliphatic heterocycles. The Morgan fingerprint density at radius 3 is 1.49 bits per heavy atom. The van der Waals surface area contributed by atoms with Gasteiger partial charge in [-0.05, 0) is 23.3 Å². The van der Waals surface area contributed by atoms with Crippen LogP contribution in [-0.4, -0.2) is 81.2 Å². The van der Waals surface area contributed by atoms with Crippen molar-refractivity contribution in [2.24, 2.45) is 0 Å². The van der Waals surface area contributed by atoms with Gasteiger partial charge in [-0.1, -0.05) is 0 Å². The molecule has 41 heavy (non-hydrogen) atoms. The van der Waals surface area contributed by atoms with Crippen LogP contribution in [0.2, 0.25) is 0 Å². The van der Waals surface area contributed by atoms with Gasteiger partial charge in [0.2, 0.25) is 11.8 Å². The van der Waals surface area contributed by atoms with Gasteiger partial charge in [0.25, 0.3) is 11.8 Å². The molecule has 0 unspecified atom stereocenters. The number of carboxylic acid groups (broad SMARTS) is 2. The van der Waals surface area contributed by atoms with E-state index in [0.29, 0.717) is 42.4 Å². The second-order valence-corrected chi connectivity index (χ2v) is 9.54. The summed E-state index contributed by atoms with van der Waals surface area (Å²) in [5.74, 6) is -1.13. The summed E-state index contributed by atoms with van der Waals surface area (Å²) in [5.41, 5.74) is 2.97. The fourth-order valence-electron chi connectivity index (χ4n) is 4.53. The number of aliphatic carboxylic acids is 2. The Labute approximate surface area is 235 Å². The SMILES string of the molecule is COc1cc2c(nc1OCCCOc1nc3c(cc1OC)CN(C(=O)CCC(=O)O)C3)CN(C(=O)CCC(=O)O)C2. The number of nitrogens with zero attached hydrogens (tertiary/aromatic N) is 4. The number of methoxy groups -OCH3 is 2. The molecule has 2 aliphatic rings. The molecule has 0 atom stereocenters. The lowest BCUT2D eigenvalue weighted by Gasteiger charge is -2.14. The maximum atomic E-state index is 12.3. The van der Waals surface area contributed by atoms with E-state index in [1.165, 1.54) is 14.2 Å². The minimum atomic E-state index is -1.02. The minimum Gasteiger partial charge on any atom is -0.491 e. The lowest BCUT2D eigenvalue weighted by Crippen LogP contribution is -2.25. The number of amides is 2. The van der Waals surface area contributed by atoms with E-state index in [1.54, 1.807) is 21.9 Å². The maximum absolute atomic E-state index is 12.3. The van der Waals surface area contributed by atoms with Crippen molar-refractivity contribution in [2.75, 3.05) is 27.4 Å². The van der Waals surface area contributed by atoms with Crippen LogP contribution in [-0.2, 0) is 45.4 Å². The third kappa shape index (κ3) is 7.32. The van der Waals surface area contributed by atoms with Crippen molar-refractivity contribution >= 4 is 23.8 Å². The summed E-state index contributed by atoms with van der Waals surface area (Å²) in [6, 6.07) is 3.54. The van der Waals surface area contributed by atoms with E-state index in [1.807, 2.05) is 0 Å². The monoisotopic (exact) mass is 572 g/mol. The fourth-order valence-corrected chi connectivity index (χ4v) is 4.53. The van der Waals surface area contributed by atoms with Crippen LogP contribution >= 0.6 is 0 Å². The molecule has 0 bridgehead atoms. The third-order valence-electron chi connectivity index (χ3n) is 6.67. The van der Waals surface area contributed by atoms with Crippen molar-refractivity contribution in [2.45, 2.75) is 58.3 Å². The topological polar surface area (TPSA) is 178 Å². The van der Waals surface area contributed by atoms with Crippen LogP contribution in [0.5, 0.6) is 23.3 Å². The van der Waals surface area contributed by atoms with Gasteiger partial charge in [0, 0.05) is 32.4 Å². The van der Waals surface area contributed by atoms with Crippen LogP contribution in [0.3, 0.4) is 0 Å². The van der Waals surface area contributed by atoms with E-state index in [4.69, 9.17) is 29.2 Å². The van der Waals surface area contributed by atoms with Gasteiger partial charge in [0.15, 0.2) is 11.5 Å². The van der Waals surface area contributed by atoms with Crippen LogP contribution in [0.15, 0.2) is 12.1 Å². The Hall–Kier alpha value is -4.62. The van der Waals surface area contributed by atoms with E-state index in [-0.39, 0.29) is 75.6 Å². The Balaban J connectivity index is 1.29. The van der Waals surface area contributed by atoms with Crippen molar-refractivity contribution in [3.63, 3.8) is 0 Å². The van der Waals surface area contributed by atoms with Gasteiger partial charge in [-0.25, -0.2) is 9.97 Å². The van der Waals surface area contributed by atoms with E-state index >= 15 is 0 Å². The van der Waals surface area contributed by atoms with Crippen LogP contribution in [0, 0.1) is 0 Å². The van der Waals surface area contributed by atoms with E-state index in [2.05, 4.69) is 9.97 Å². The van der Waals surface area contributed by atoms with Crippen LogP contribution < -0.4 is 18.9 Å². The highest BCUT2D eigenvalue weighted by atomic mass is 16.5. The molecule has 0 saturated carbocycles. The van der Waals surface area contributed by atoms with Crippen LogP contribution in [0.25, 0.3) is 0 Å². The average Bonchev–Trinajstić information content (AvgIpc) is 3.56. The normalized spacial score (nSPS) is 13.4. The fraction of sp³-hybridized carbons (Fsp3) is 0.481. The first-order chi connectivity index (χ1) is 19.7. The second-order valence-electron chi connectivity index (χ2n) is 9.54. The highest BCUT2D eigenvalue weighted by molar-refractivity contribution is 5.81. The number of pyridine rings is 2. The minimum absolute atomic E-state index is 0.0726. The number of rotatable bonds is 14. The molecule has 4 heterocycles. The molecule has 2 aromatic rings. The smallest absolute Gasteiger partial charge is 0.303 e. The maximum Gasteiger partial charge on any atom is 0.303 e. The molecule has 220 valence electrons. The van der Waals surface area contributed by atoms with Gasteiger partial charge in [-0.15, -0.1) is 0 Å². The zero-order valence-electron chi connectivity index (χ0n) is 22.9. The number of aromatic nitrogens is 2. The lowest BCUT2D eigenvalue weighted by molar-refractivity contribution is -0.141. The second kappa shape index (κ2) is 13.2. The number of fused-ring (bicyclic) bond motifs is 2. The Kier molecular flexibility index (Phi) is 9.42. The molecule has 0 fully saturated rings. The largest absolute Gasteiger partial charge is 0.491 e. The van der Waals surface area contributed by atoms with Crippen molar-refractivity contribution in [3.8, 4) is 23.3 Å². The Morgan fingerprint density at radius 1 is 0.707 bits per heavy atom. The molecule has 0 aromatic carbocycles. The zero-order valence-corrected chi connectivity index (χ0v) is 22.9. The van der Waals surface area contributed by atoms with Crippen molar-refractivity contribution in [3.05, 3.63) is 34.6 Å². The molecule has 0 radical (unpaired) electrons. The molecule has 2 amide bonds. The molecular formula is C27H32N4O10. The van der Waals surface area contributed by atoms with Gasteiger partial charge >= 0.3 is 11.9 Å². The van der Waals surface area contributed by atoms with Crippen LogP contribution in [0.1, 0.15) is 54.6 Å². The number of ether oxygens (including phenoxy) is 4. The molecule has 0 aliphatic carbocycles. The predicted octanol–water partition coefficient (Wildman–Crippen LogP) is 1.76. The Bertz CT molecular complexity index is 1230. The Morgan fingerprint density at radius 2 is 1.12 bits per heavy atom. The third-order valence-corrected chi connectivity index (χ3v) is 6.67. The first-order valence-corrected chi connectivity index (χ1v) is 13.1. The molecule has 14 nitrogen and oxygen atoms in total. The summed E-state index contributed by atoms with van der Waals surface area (Å²) in [5, 5.41) is 17.7. The van der Waals surface area contributed by atoms with Gasteiger partial charge in [0.1, 0.15) is 0 Å². The van der Waals surface area contributed by atoms with Crippen molar-refractivity contribution in [1.82, 2.24) is 19.8 Å².